The average molecular weight is 412 g/mol. The maximum absolute atomic E-state index is 9.89. The van der Waals surface area contributed by atoms with Crippen molar-refractivity contribution in [2.24, 2.45) is 5.73 Å². The molecule has 4 aromatic rings. The van der Waals surface area contributed by atoms with Crippen LogP contribution in [0.5, 0.6) is 5.75 Å². The van der Waals surface area contributed by atoms with Gasteiger partial charge in [-0.05, 0) is 36.4 Å². The molecule has 0 spiro atoms. The van der Waals surface area contributed by atoms with Gasteiger partial charge in [-0.2, -0.15) is 5.26 Å². The number of allylic oxidation sites excluding steroid dienone is 1. The van der Waals surface area contributed by atoms with Crippen molar-refractivity contribution in [1.82, 2.24) is 4.98 Å². The fourth-order valence-electron chi connectivity index (χ4n) is 4.19. The molecule has 0 aliphatic carbocycles. The highest BCUT2D eigenvalue weighted by atomic mass is 35.5. The summed E-state index contributed by atoms with van der Waals surface area (Å²) in [6.45, 7) is 4.09. The van der Waals surface area contributed by atoms with E-state index in [0.29, 0.717) is 16.5 Å². The first kappa shape index (κ1) is 18.5. The SMILES string of the molecule is Cc1ccc2cc([C@@H]3C(C#N)=C(N)Oc4c3ccc3ccccc43)c(Cl)nc2c1C. The van der Waals surface area contributed by atoms with Gasteiger partial charge < -0.3 is 10.5 Å². The van der Waals surface area contributed by atoms with E-state index >= 15 is 0 Å². The largest absolute Gasteiger partial charge is 0.440 e. The summed E-state index contributed by atoms with van der Waals surface area (Å²) in [6.07, 6.45) is 0. The molecule has 0 bridgehead atoms. The third kappa shape index (κ3) is 2.63. The summed E-state index contributed by atoms with van der Waals surface area (Å²) < 4.78 is 5.93. The van der Waals surface area contributed by atoms with Gasteiger partial charge in [0.1, 0.15) is 22.5 Å². The molecule has 4 nitrogen and oxygen atoms in total. The maximum Gasteiger partial charge on any atom is 0.205 e. The Morgan fingerprint density at radius 1 is 1.03 bits per heavy atom. The maximum atomic E-state index is 9.89. The number of aryl methyl sites for hydroxylation is 2. The lowest BCUT2D eigenvalue weighted by Gasteiger charge is -2.28. The third-order valence-corrected chi connectivity index (χ3v) is 6.21. The minimum absolute atomic E-state index is 0.0996. The fraction of sp³-hybridized carbons (Fsp3) is 0.120. The number of hydrogen-bond acceptors (Lipinski definition) is 4. The number of nitrogens with two attached hydrogens (primary N) is 1. The zero-order chi connectivity index (χ0) is 21.0. The third-order valence-electron chi connectivity index (χ3n) is 5.91. The summed E-state index contributed by atoms with van der Waals surface area (Å²) in [7, 11) is 0. The van der Waals surface area contributed by atoms with Crippen LogP contribution in [0, 0.1) is 25.2 Å². The summed E-state index contributed by atoms with van der Waals surface area (Å²) >= 11 is 6.69. The molecule has 0 amide bonds. The zero-order valence-corrected chi connectivity index (χ0v) is 17.3. The fourth-order valence-corrected chi connectivity index (χ4v) is 4.43. The number of rotatable bonds is 1. The van der Waals surface area contributed by atoms with Gasteiger partial charge in [0, 0.05) is 21.9 Å². The van der Waals surface area contributed by atoms with Crippen LogP contribution in [0.3, 0.4) is 0 Å². The highest BCUT2D eigenvalue weighted by Crippen LogP contribution is 2.47. The molecule has 2 heterocycles. The molecule has 2 N–H and O–H groups in total. The van der Waals surface area contributed by atoms with Crippen molar-refractivity contribution in [3.05, 3.63) is 93.5 Å². The van der Waals surface area contributed by atoms with Crippen molar-refractivity contribution >= 4 is 33.3 Å². The lowest BCUT2D eigenvalue weighted by atomic mass is 9.82. The van der Waals surface area contributed by atoms with Gasteiger partial charge in [-0.3, -0.25) is 0 Å². The van der Waals surface area contributed by atoms with Crippen molar-refractivity contribution in [2.75, 3.05) is 0 Å². The second kappa shape index (κ2) is 6.76. The summed E-state index contributed by atoms with van der Waals surface area (Å²) in [6, 6.07) is 20.3. The van der Waals surface area contributed by atoms with Crippen LogP contribution < -0.4 is 10.5 Å². The van der Waals surface area contributed by atoms with E-state index in [2.05, 4.69) is 19.1 Å². The first-order valence-corrected chi connectivity index (χ1v) is 10.0. The number of benzene rings is 3. The second-order valence-electron chi connectivity index (χ2n) is 7.58. The first-order chi connectivity index (χ1) is 14.5. The van der Waals surface area contributed by atoms with Gasteiger partial charge >= 0.3 is 0 Å². The number of fused-ring (bicyclic) bond motifs is 4. The average Bonchev–Trinajstić information content (AvgIpc) is 2.75. The molecule has 0 fully saturated rings. The Labute approximate surface area is 179 Å². The molecule has 1 aromatic heterocycles. The predicted octanol–water partition coefficient (Wildman–Crippen LogP) is 5.88. The molecule has 0 unspecified atom stereocenters. The Morgan fingerprint density at radius 3 is 2.60 bits per heavy atom. The highest BCUT2D eigenvalue weighted by Gasteiger charge is 2.33. The lowest BCUT2D eigenvalue weighted by Crippen LogP contribution is -2.21. The van der Waals surface area contributed by atoms with Crippen LogP contribution in [0.25, 0.3) is 21.7 Å². The van der Waals surface area contributed by atoms with Crippen LogP contribution in [0.1, 0.15) is 28.2 Å². The molecule has 0 saturated heterocycles. The van der Waals surface area contributed by atoms with Crippen molar-refractivity contribution in [3.63, 3.8) is 0 Å². The molecular weight excluding hydrogens is 394 g/mol. The van der Waals surface area contributed by atoms with Crippen LogP contribution in [0.15, 0.2) is 66.1 Å². The van der Waals surface area contributed by atoms with Gasteiger partial charge in [0.15, 0.2) is 0 Å². The molecule has 146 valence electrons. The number of halogens is 1. The Bertz CT molecular complexity index is 1430. The van der Waals surface area contributed by atoms with Crippen LogP contribution in [-0.4, -0.2) is 4.98 Å². The minimum atomic E-state index is -0.450. The van der Waals surface area contributed by atoms with E-state index < -0.39 is 5.92 Å². The second-order valence-corrected chi connectivity index (χ2v) is 7.94. The molecule has 30 heavy (non-hydrogen) atoms. The van der Waals surface area contributed by atoms with Crippen LogP contribution in [-0.2, 0) is 0 Å². The van der Waals surface area contributed by atoms with E-state index in [1.807, 2.05) is 55.5 Å². The monoisotopic (exact) mass is 411 g/mol. The first-order valence-electron chi connectivity index (χ1n) is 9.65. The standard InChI is InChI=1S/C25H18ClN3O/c1-13-7-8-16-11-19(24(26)29-22(16)14(13)2)21-18-10-9-15-5-3-4-6-17(15)23(18)30-25(28)20(21)12-27/h3-11,21H,28H2,1-2H3/t21-/m1/s1. The topological polar surface area (TPSA) is 71.9 Å². The molecule has 1 aliphatic rings. The van der Waals surface area contributed by atoms with E-state index in [0.717, 1.165) is 43.9 Å². The van der Waals surface area contributed by atoms with Gasteiger partial charge in [0.05, 0.1) is 11.4 Å². The Hall–Kier alpha value is -3.55. The Kier molecular flexibility index (Phi) is 4.16. The minimum Gasteiger partial charge on any atom is -0.440 e. The van der Waals surface area contributed by atoms with Gasteiger partial charge in [-0.1, -0.05) is 60.1 Å². The number of pyridine rings is 1. The summed E-state index contributed by atoms with van der Waals surface area (Å²) in [5.74, 6) is 0.308. The molecule has 1 aliphatic heterocycles. The molecule has 0 radical (unpaired) electrons. The van der Waals surface area contributed by atoms with E-state index in [1.54, 1.807) is 0 Å². The summed E-state index contributed by atoms with van der Waals surface area (Å²) in [5, 5.41) is 13.2. The lowest BCUT2D eigenvalue weighted by molar-refractivity contribution is 0.398. The Balaban J connectivity index is 1.82. The summed E-state index contributed by atoms with van der Waals surface area (Å²) in [4.78, 5) is 4.69. The number of aromatic nitrogens is 1. The van der Waals surface area contributed by atoms with Crippen molar-refractivity contribution < 1.29 is 4.74 Å². The number of ether oxygens (including phenoxy) is 1. The predicted molar refractivity (Wildman–Crippen MR) is 119 cm³/mol. The molecule has 3 aromatic carbocycles. The van der Waals surface area contributed by atoms with Gasteiger partial charge in [0.25, 0.3) is 0 Å². The molecule has 0 saturated carbocycles. The van der Waals surface area contributed by atoms with E-state index in [9.17, 15) is 5.26 Å². The molecular formula is C25H18ClN3O. The zero-order valence-electron chi connectivity index (χ0n) is 16.5. The molecule has 5 rings (SSSR count). The van der Waals surface area contributed by atoms with E-state index in [4.69, 9.17) is 27.1 Å². The number of hydrogen-bond donors (Lipinski definition) is 1. The number of nitriles is 1. The normalized spacial score (nSPS) is 15.7. The van der Waals surface area contributed by atoms with Crippen molar-refractivity contribution in [1.29, 1.82) is 5.26 Å². The van der Waals surface area contributed by atoms with Crippen LogP contribution in [0.2, 0.25) is 5.15 Å². The van der Waals surface area contributed by atoms with Crippen LogP contribution >= 0.6 is 11.6 Å². The smallest absolute Gasteiger partial charge is 0.205 e. The highest BCUT2D eigenvalue weighted by molar-refractivity contribution is 6.30. The molecule has 5 heteroatoms. The quantitative estimate of drug-likeness (QED) is 0.397. The van der Waals surface area contributed by atoms with Crippen molar-refractivity contribution in [2.45, 2.75) is 19.8 Å². The molecule has 1 atom stereocenters. The van der Waals surface area contributed by atoms with Gasteiger partial charge in [0.2, 0.25) is 5.88 Å². The van der Waals surface area contributed by atoms with Crippen molar-refractivity contribution in [3.8, 4) is 11.8 Å². The summed E-state index contributed by atoms with van der Waals surface area (Å²) in [5.41, 5.74) is 11.2. The van der Waals surface area contributed by atoms with Gasteiger partial charge in [-0.25, -0.2) is 4.98 Å². The Morgan fingerprint density at radius 2 is 1.80 bits per heavy atom. The van der Waals surface area contributed by atoms with E-state index in [1.165, 1.54) is 0 Å². The van der Waals surface area contributed by atoms with Gasteiger partial charge in [-0.15, -0.1) is 0 Å². The van der Waals surface area contributed by atoms with E-state index in [-0.39, 0.29) is 5.88 Å². The van der Waals surface area contributed by atoms with Crippen LogP contribution in [0.4, 0.5) is 0 Å². The number of nitrogens with zero attached hydrogens (tertiary/aromatic N) is 2.